The minimum atomic E-state index is -0.979. The summed E-state index contributed by atoms with van der Waals surface area (Å²) in [6.45, 7) is 0. The minimum absolute atomic E-state index is 0.0285. The van der Waals surface area contributed by atoms with Crippen LogP contribution in [0.3, 0.4) is 0 Å². The fraction of sp³-hybridized carbons (Fsp3) is 0. The number of hydrogen-bond acceptors (Lipinski definition) is 3. The molecule has 88 valence electrons. The number of nitrogens with one attached hydrogen (secondary N) is 1. The first kappa shape index (κ1) is 11.6. The van der Waals surface area contributed by atoms with Crippen LogP contribution in [0.1, 0.15) is 0 Å². The van der Waals surface area contributed by atoms with Crippen molar-refractivity contribution in [3.05, 3.63) is 47.1 Å². The molecule has 0 saturated heterocycles. The predicted molar refractivity (Wildman–Crippen MR) is 63.3 cm³/mol. The van der Waals surface area contributed by atoms with Gasteiger partial charge in [0.05, 0.1) is 5.69 Å². The molecule has 0 spiro atoms. The molecule has 1 heterocycles. The van der Waals surface area contributed by atoms with Gasteiger partial charge in [0.1, 0.15) is 11.0 Å². The van der Waals surface area contributed by atoms with E-state index in [1.165, 1.54) is 24.3 Å². The van der Waals surface area contributed by atoms with E-state index in [2.05, 4.69) is 10.3 Å². The lowest BCUT2D eigenvalue weighted by molar-refractivity contribution is 0.511. The Labute approximate surface area is 101 Å². The van der Waals surface area contributed by atoms with Crippen LogP contribution in [0.15, 0.2) is 30.3 Å². The number of nitrogens with two attached hydrogens (primary N) is 1. The van der Waals surface area contributed by atoms with E-state index in [1.54, 1.807) is 0 Å². The first-order valence-corrected chi connectivity index (χ1v) is 5.08. The van der Waals surface area contributed by atoms with Crippen molar-refractivity contribution >= 4 is 28.8 Å². The van der Waals surface area contributed by atoms with E-state index in [0.717, 1.165) is 6.07 Å². The highest BCUT2D eigenvalue weighted by Crippen LogP contribution is 2.23. The van der Waals surface area contributed by atoms with Gasteiger partial charge >= 0.3 is 0 Å². The number of halogens is 3. The molecule has 0 aliphatic carbocycles. The largest absolute Gasteiger partial charge is 0.399 e. The summed E-state index contributed by atoms with van der Waals surface area (Å²) in [5, 5.41) is 2.77. The van der Waals surface area contributed by atoms with Crippen LogP contribution in [-0.2, 0) is 0 Å². The Morgan fingerprint density at radius 3 is 2.71 bits per heavy atom. The van der Waals surface area contributed by atoms with Gasteiger partial charge in [0.25, 0.3) is 0 Å². The van der Waals surface area contributed by atoms with Crippen LogP contribution in [0.2, 0.25) is 5.15 Å². The number of rotatable bonds is 2. The van der Waals surface area contributed by atoms with E-state index in [4.69, 9.17) is 17.3 Å². The first-order valence-electron chi connectivity index (χ1n) is 4.70. The standard InChI is InChI=1S/C11H8ClF2N3/c12-9-4-6(15)5-10(17-9)16-8-3-1-2-7(13)11(8)14/h1-5H,(H3,15,16,17). The molecule has 2 aromatic rings. The predicted octanol–water partition coefficient (Wildman–Crippen LogP) is 3.34. The van der Waals surface area contributed by atoms with Crippen LogP contribution in [-0.4, -0.2) is 4.98 Å². The molecule has 2 rings (SSSR count). The van der Waals surface area contributed by atoms with E-state index < -0.39 is 11.6 Å². The van der Waals surface area contributed by atoms with Gasteiger partial charge in [-0.05, 0) is 18.2 Å². The number of benzene rings is 1. The fourth-order valence-electron chi connectivity index (χ4n) is 1.32. The van der Waals surface area contributed by atoms with Crippen LogP contribution < -0.4 is 11.1 Å². The van der Waals surface area contributed by atoms with Gasteiger partial charge < -0.3 is 11.1 Å². The van der Waals surface area contributed by atoms with Crippen LogP contribution in [0.5, 0.6) is 0 Å². The van der Waals surface area contributed by atoms with Crippen molar-refractivity contribution in [1.29, 1.82) is 0 Å². The van der Waals surface area contributed by atoms with Crippen molar-refractivity contribution in [2.75, 3.05) is 11.1 Å². The topological polar surface area (TPSA) is 50.9 Å². The zero-order valence-corrected chi connectivity index (χ0v) is 9.30. The molecule has 0 unspecified atom stereocenters. The van der Waals surface area contributed by atoms with Gasteiger partial charge in [-0.15, -0.1) is 0 Å². The molecule has 0 aliphatic heterocycles. The molecule has 17 heavy (non-hydrogen) atoms. The highest BCUT2D eigenvalue weighted by atomic mass is 35.5. The van der Waals surface area contributed by atoms with Crippen LogP contribution in [0.25, 0.3) is 0 Å². The normalized spacial score (nSPS) is 10.3. The number of nitrogen functional groups attached to an aromatic ring is 1. The Hall–Kier alpha value is -1.88. The smallest absolute Gasteiger partial charge is 0.182 e. The quantitative estimate of drug-likeness (QED) is 0.809. The third-order valence-corrected chi connectivity index (χ3v) is 2.22. The van der Waals surface area contributed by atoms with Gasteiger partial charge in [-0.2, -0.15) is 0 Å². The van der Waals surface area contributed by atoms with Crippen LogP contribution in [0, 0.1) is 11.6 Å². The zero-order valence-electron chi connectivity index (χ0n) is 8.55. The van der Waals surface area contributed by atoms with E-state index in [1.807, 2.05) is 0 Å². The molecule has 0 atom stereocenters. The lowest BCUT2D eigenvalue weighted by Crippen LogP contribution is -1.99. The maximum absolute atomic E-state index is 13.4. The SMILES string of the molecule is Nc1cc(Cl)nc(Nc2cccc(F)c2F)c1. The Balaban J connectivity index is 2.34. The maximum atomic E-state index is 13.4. The number of pyridine rings is 1. The number of anilines is 3. The summed E-state index contributed by atoms with van der Waals surface area (Å²) in [6.07, 6.45) is 0. The third kappa shape index (κ3) is 2.62. The molecule has 0 bridgehead atoms. The van der Waals surface area contributed by atoms with Gasteiger partial charge in [-0.25, -0.2) is 13.8 Å². The summed E-state index contributed by atoms with van der Waals surface area (Å²) in [4.78, 5) is 3.89. The lowest BCUT2D eigenvalue weighted by Gasteiger charge is -2.08. The molecule has 0 amide bonds. The van der Waals surface area contributed by atoms with E-state index in [0.29, 0.717) is 5.69 Å². The summed E-state index contributed by atoms with van der Waals surface area (Å²) >= 11 is 5.69. The van der Waals surface area contributed by atoms with Gasteiger partial charge in [0.15, 0.2) is 11.6 Å². The van der Waals surface area contributed by atoms with Gasteiger partial charge in [-0.1, -0.05) is 17.7 Å². The maximum Gasteiger partial charge on any atom is 0.182 e. The second kappa shape index (κ2) is 4.55. The van der Waals surface area contributed by atoms with Crippen molar-refractivity contribution < 1.29 is 8.78 Å². The second-order valence-electron chi connectivity index (χ2n) is 3.33. The minimum Gasteiger partial charge on any atom is -0.399 e. The average molecular weight is 256 g/mol. The van der Waals surface area contributed by atoms with Gasteiger partial charge in [0.2, 0.25) is 0 Å². The molecular weight excluding hydrogens is 248 g/mol. The number of nitrogens with zero attached hydrogens (tertiary/aromatic N) is 1. The molecule has 0 fully saturated rings. The highest BCUT2D eigenvalue weighted by Gasteiger charge is 2.08. The van der Waals surface area contributed by atoms with Crippen molar-refractivity contribution in [2.24, 2.45) is 0 Å². The molecule has 0 radical (unpaired) electrons. The fourth-order valence-corrected chi connectivity index (χ4v) is 1.54. The molecule has 6 heteroatoms. The monoisotopic (exact) mass is 255 g/mol. The average Bonchev–Trinajstić information content (AvgIpc) is 2.23. The summed E-state index contributed by atoms with van der Waals surface area (Å²) < 4.78 is 26.3. The van der Waals surface area contributed by atoms with Gasteiger partial charge in [0, 0.05) is 11.8 Å². The summed E-state index contributed by atoms with van der Waals surface area (Å²) in [5.74, 6) is -1.67. The van der Waals surface area contributed by atoms with Crippen molar-refractivity contribution in [3.8, 4) is 0 Å². The molecule has 1 aromatic carbocycles. The zero-order chi connectivity index (χ0) is 12.4. The molecule has 0 aliphatic rings. The van der Waals surface area contributed by atoms with Gasteiger partial charge in [-0.3, -0.25) is 0 Å². The number of aromatic nitrogens is 1. The molecule has 3 nitrogen and oxygen atoms in total. The Morgan fingerprint density at radius 1 is 1.24 bits per heavy atom. The van der Waals surface area contributed by atoms with Crippen molar-refractivity contribution in [1.82, 2.24) is 4.98 Å². The van der Waals surface area contributed by atoms with Crippen LogP contribution >= 0.6 is 11.6 Å². The lowest BCUT2D eigenvalue weighted by atomic mass is 10.3. The van der Waals surface area contributed by atoms with E-state index in [-0.39, 0.29) is 16.7 Å². The van der Waals surface area contributed by atoms with Crippen molar-refractivity contribution in [3.63, 3.8) is 0 Å². The summed E-state index contributed by atoms with van der Waals surface area (Å²) in [7, 11) is 0. The van der Waals surface area contributed by atoms with Crippen molar-refractivity contribution in [2.45, 2.75) is 0 Å². The summed E-state index contributed by atoms with van der Waals surface area (Å²) in [6, 6.07) is 6.72. The first-order chi connectivity index (χ1) is 8.06. The molecule has 0 saturated carbocycles. The van der Waals surface area contributed by atoms with E-state index >= 15 is 0 Å². The summed E-state index contributed by atoms with van der Waals surface area (Å²) in [5.41, 5.74) is 5.90. The van der Waals surface area contributed by atoms with Crippen LogP contribution in [0.4, 0.5) is 26.0 Å². The molecule has 3 N–H and O–H groups in total. The van der Waals surface area contributed by atoms with E-state index in [9.17, 15) is 8.78 Å². The second-order valence-corrected chi connectivity index (χ2v) is 3.72. The Bertz CT molecular complexity index is 540. The Morgan fingerprint density at radius 2 is 2.00 bits per heavy atom. The third-order valence-electron chi connectivity index (χ3n) is 2.03. The Kier molecular flexibility index (Phi) is 3.10. The number of hydrogen-bond donors (Lipinski definition) is 2. The molecular formula is C11H8ClF2N3. The molecule has 1 aromatic heterocycles. The highest BCUT2D eigenvalue weighted by molar-refractivity contribution is 6.29.